The van der Waals surface area contributed by atoms with E-state index in [1.165, 1.54) is 35.7 Å². The Morgan fingerprint density at radius 3 is 2.46 bits per heavy atom. The molecular weight excluding hydrogens is 968 g/mol. The molecule has 0 bridgehead atoms. The number of ether oxygens (including phenoxy) is 2. The number of sulfonamides is 2. The molecule has 5 heterocycles. The SMILES string of the molecule is CC(C)c1ccccc1[C@H]1CN(S(C)(=O)=O)CCN1C1CC2(CCN(c3ccc(C(=O)NS(=O)(=O)c4cc5c(c([N+](=O)[O-])c4)N[C@@H](C4CCC(C)(O)CC4)CO5)c(Oc4cnc5[nH]cc(F)c5c4)c3)CC2)C1. The van der Waals surface area contributed by atoms with Crippen LogP contribution in [0.1, 0.15) is 106 Å². The number of anilines is 2. The molecule has 2 saturated carbocycles. The van der Waals surface area contributed by atoms with Crippen LogP contribution in [0.2, 0.25) is 0 Å². The summed E-state index contributed by atoms with van der Waals surface area (Å²) in [4.78, 5) is 37.0. The van der Waals surface area contributed by atoms with Crippen molar-refractivity contribution in [3.05, 3.63) is 106 Å². The van der Waals surface area contributed by atoms with E-state index < -0.39 is 52.9 Å². The molecular formula is C51H61FN8O10S2. The molecule has 2 aliphatic carbocycles. The molecule has 2 atom stereocenters. The van der Waals surface area contributed by atoms with Gasteiger partial charge in [-0.3, -0.25) is 19.8 Å². The lowest BCUT2D eigenvalue weighted by Gasteiger charge is -2.58. The monoisotopic (exact) mass is 1030 g/mol. The van der Waals surface area contributed by atoms with Gasteiger partial charge in [0.2, 0.25) is 10.0 Å². The first kappa shape index (κ1) is 49.7. The first-order valence-corrected chi connectivity index (χ1v) is 28.0. The summed E-state index contributed by atoms with van der Waals surface area (Å²) in [6.07, 6.45) is 10.1. The quantitative estimate of drug-likeness (QED) is 0.0690. The highest BCUT2D eigenvalue weighted by atomic mass is 32.2. The summed E-state index contributed by atoms with van der Waals surface area (Å²) in [5.74, 6) is -1.27. The zero-order valence-electron chi connectivity index (χ0n) is 40.8. The van der Waals surface area contributed by atoms with Crippen molar-refractivity contribution in [2.45, 2.75) is 107 Å². The predicted molar refractivity (Wildman–Crippen MR) is 269 cm³/mol. The minimum absolute atomic E-state index is 0.0264. The van der Waals surface area contributed by atoms with Crippen LogP contribution in [0.5, 0.6) is 17.2 Å². The number of aliphatic hydroxyl groups is 1. The van der Waals surface area contributed by atoms with Gasteiger partial charge in [-0.05, 0) is 105 Å². The number of aromatic amines is 1. The molecule has 0 unspecified atom stereocenters. The molecule has 5 aromatic rings. The summed E-state index contributed by atoms with van der Waals surface area (Å²) >= 11 is 0. The maximum atomic E-state index is 14.7. The number of piperidine rings is 1. The maximum absolute atomic E-state index is 14.7. The topological polar surface area (TPSA) is 230 Å². The van der Waals surface area contributed by atoms with Gasteiger partial charge in [-0.25, -0.2) is 30.9 Å². The molecule has 21 heteroatoms. The fraction of sp³-hybridized carbons (Fsp3) is 0.490. The van der Waals surface area contributed by atoms with E-state index in [0.717, 1.165) is 44.0 Å². The average Bonchev–Trinajstić information content (AvgIpc) is 3.71. The van der Waals surface area contributed by atoms with E-state index >= 15 is 0 Å². The summed E-state index contributed by atoms with van der Waals surface area (Å²) in [6.45, 7) is 9.11. The third kappa shape index (κ3) is 9.84. The van der Waals surface area contributed by atoms with E-state index in [9.17, 15) is 41.2 Å². The van der Waals surface area contributed by atoms with Gasteiger partial charge in [0.1, 0.15) is 29.6 Å². The van der Waals surface area contributed by atoms with Gasteiger partial charge in [0, 0.05) is 74.9 Å². The molecule has 2 saturated heterocycles. The van der Waals surface area contributed by atoms with Crippen LogP contribution in [-0.2, 0) is 20.0 Å². The van der Waals surface area contributed by atoms with Gasteiger partial charge >= 0.3 is 0 Å². The van der Waals surface area contributed by atoms with Gasteiger partial charge in [-0.15, -0.1) is 0 Å². The Labute approximate surface area is 418 Å². The van der Waals surface area contributed by atoms with Crippen LogP contribution < -0.4 is 24.4 Å². The van der Waals surface area contributed by atoms with Crippen molar-refractivity contribution < 1.29 is 45.5 Å². The Kier molecular flexibility index (Phi) is 13.0. The van der Waals surface area contributed by atoms with Crippen LogP contribution in [0.15, 0.2) is 78.0 Å². The van der Waals surface area contributed by atoms with Crippen LogP contribution >= 0.6 is 0 Å². The van der Waals surface area contributed by atoms with Crippen molar-refractivity contribution in [2.75, 3.05) is 55.8 Å². The van der Waals surface area contributed by atoms with E-state index in [-0.39, 0.29) is 75.5 Å². The predicted octanol–water partition coefficient (Wildman–Crippen LogP) is 7.83. The Morgan fingerprint density at radius 1 is 1.01 bits per heavy atom. The molecule has 18 nitrogen and oxygen atoms in total. The molecule has 10 rings (SSSR count). The maximum Gasteiger partial charge on any atom is 0.297 e. The zero-order chi connectivity index (χ0) is 50.9. The summed E-state index contributed by atoms with van der Waals surface area (Å²) in [7, 11) is -8.13. The van der Waals surface area contributed by atoms with Crippen molar-refractivity contribution in [1.29, 1.82) is 0 Å². The van der Waals surface area contributed by atoms with Crippen LogP contribution in [0.25, 0.3) is 11.0 Å². The van der Waals surface area contributed by atoms with E-state index in [1.54, 1.807) is 23.4 Å². The third-order valence-electron chi connectivity index (χ3n) is 15.9. The molecule has 4 fully saturated rings. The number of halogens is 1. The van der Waals surface area contributed by atoms with Gasteiger partial charge in [0.15, 0.2) is 11.4 Å². The fourth-order valence-electron chi connectivity index (χ4n) is 11.8. The van der Waals surface area contributed by atoms with Gasteiger partial charge in [0.25, 0.3) is 21.6 Å². The van der Waals surface area contributed by atoms with Gasteiger partial charge in [-0.1, -0.05) is 38.1 Å². The Balaban J connectivity index is 0.866. The first-order chi connectivity index (χ1) is 34.2. The minimum Gasteiger partial charge on any atom is -0.489 e. The second-order valence-corrected chi connectivity index (χ2v) is 24.8. The van der Waals surface area contributed by atoms with Crippen molar-refractivity contribution in [3.8, 4) is 17.2 Å². The number of amides is 1. The lowest BCUT2D eigenvalue weighted by Crippen LogP contribution is -2.60. The number of benzene rings is 3. The third-order valence-corrected chi connectivity index (χ3v) is 18.5. The second kappa shape index (κ2) is 18.9. The number of hydrogen-bond acceptors (Lipinski definition) is 14. The summed E-state index contributed by atoms with van der Waals surface area (Å²) in [5.41, 5.74) is 2.05. The molecule has 1 spiro atoms. The highest BCUT2D eigenvalue weighted by molar-refractivity contribution is 7.90. The smallest absolute Gasteiger partial charge is 0.297 e. The highest BCUT2D eigenvalue weighted by Crippen LogP contribution is 2.54. The Morgan fingerprint density at radius 2 is 1.75 bits per heavy atom. The number of aromatic nitrogens is 2. The second-order valence-electron chi connectivity index (χ2n) is 21.1. The number of fused-ring (bicyclic) bond motifs is 2. The minimum atomic E-state index is -4.75. The number of piperazine rings is 1. The number of rotatable bonds is 12. The lowest BCUT2D eigenvalue weighted by atomic mass is 9.59. The molecule has 2 aromatic heterocycles. The number of nitro groups is 1. The van der Waals surface area contributed by atoms with Gasteiger partial charge in [-0.2, -0.15) is 4.31 Å². The molecule has 4 N–H and O–H groups in total. The largest absolute Gasteiger partial charge is 0.489 e. The molecule has 384 valence electrons. The van der Waals surface area contributed by atoms with Crippen LogP contribution in [0.3, 0.4) is 0 Å². The average molecular weight is 1030 g/mol. The molecule has 0 radical (unpaired) electrons. The van der Waals surface area contributed by atoms with E-state index in [0.29, 0.717) is 70.1 Å². The van der Waals surface area contributed by atoms with Crippen molar-refractivity contribution >= 4 is 54.0 Å². The number of hydrogen-bond donors (Lipinski definition) is 4. The van der Waals surface area contributed by atoms with E-state index in [4.69, 9.17) is 9.47 Å². The number of nitro benzene ring substituents is 1. The van der Waals surface area contributed by atoms with Crippen molar-refractivity contribution in [3.63, 3.8) is 0 Å². The number of H-pyrrole nitrogens is 1. The standard InChI is InChI=1S/C51H61FN8O10S2/c1-31(2)37-7-5-6-8-38(37)44-29-58(71(4,65)66)19-20-59(44)34-25-51(26-34)15-17-57(18-16-51)33-9-10-39(45(21-33)70-35-22-40-41(52)28-54-48(40)53-27-35)49(61)56-72(67,68)36-23-43(60(63)64)47-46(24-36)69-30-42(55-47)32-11-13-50(3,62)14-12-32/h5-10,21-24,27-28,31-32,34,42,44,55,62H,11-20,25-26,29-30H2,1-4H3,(H,53,54)(H,56,61)/t32?,42-,44-,50?/m1/s1. The van der Waals surface area contributed by atoms with Crippen LogP contribution in [-0.4, -0.2) is 115 Å². The van der Waals surface area contributed by atoms with Crippen molar-refractivity contribution in [2.24, 2.45) is 11.3 Å². The number of carbonyl (C=O) groups is 1. The normalized spacial score (nSPS) is 24.0. The molecule has 5 aliphatic rings. The number of nitrogens with zero attached hydrogens (tertiary/aromatic N) is 5. The van der Waals surface area contributed by atoms with E-state index in [1.807, 2.05) is 12.1 Å². The Bertz CT molecular complexity index is 3140. The number of carbonyl (C=O) groups excluding carboxylic acids is 1. The molecule has 3 aromatic carbocycles. The molecule has 72 heavy (non-hydrogen) atoms. The number of pyridine rings is 1. The molecule has 3 aliphatic heterocycles. The Hall–Kier alpha value is -5.87. The van der Waals surface area contributed by atoms with Crippen LogP contribution in [0, 0.1) is 27.3 Å². The highest BCUT2D eigenvalue weighted by Gasteiger charge is 2.50. The summed E-state index contributed by atoms with van der Waals surface area (Å²) in [6, 6.07) is 16.6. The van der Waals surface area contributed by atoms with E-state index in [2.05, 4.69) is 55.8 Å². The van der Waals surface area contributed by atoms with Gasteiger partial charge in [0.05, 0.1) is 44.9 Å². The van der Waals surface area contributed by atoms with Crippen LogP contribution in [0.4, 0.5) is 21.5 Å². The number of nitrogens with one attached hydrogen (secondary N) is 3. The fourth-order valence-corrected chi connectivity index (χ4v) is 13.6. The summed E-state index contributed by atoms with van der Waals surface area (Å²) in [5, 5.41) is 26.2. The summed E-state index contributed by atoms with van der Waals surface area (Å²) < 4.78 is 84.2. The zero-order valence-corrected chi connectivity index (χ0v) is 42.4. The first-order valence-electron chi connectivity index (χ1n) is 24.7. The van der Waals surface area contributed by atoms with Crippen molar-refractivity contribution in [1.82, 2.24) is 23.9 Å². The lowest BCUT2D eigenvalue weighted by molar-refractivity contribution is -0.384. The van der Waals surface area contributed by atoms with Gasteiger partial charge < -0.3 is 29.8 Å². The molecule has 1 amide bonds.